The normalized spacial score (nSPS) is 14.6. The number of aryl methyl sites for hydroxylation is 1. The molecule has 0 aromatic heterocycles. The number of nitrogens with zero attached hydrogens (tertiary/aromatic N) is 1. The fourth-order valence-corrected chi connectivity index (χ4v) is 5.25. The van der Waals surface area contributed by atoms with E-state index in [0.717, 1.165) is 42.7 Å². The predicted molar refractivity (Wildman–Crippen MR) is 135 cm³/mol. The lowest BCUT2D eigenvalue weighted by atomic mass is 10.1. The topological polar surface area (TPSA) is 58.6 Å². The lowest BCUT2D eigenvalue weighted by Gasteiger charge is -2.31. The average molecular weight is 469 g/mol. The van der Waals surface area contributed by atoms with Crippen LogP contribution in [0.3, 0.4) is 0 Å². The molecule has 6 heteroatoms. The summed E-state index contributed by atoms with van der Waals surface area (Å²) < 4.78 is 5.36. The molecule has 1 atom stereocenters. The lowest BCUT2D eigenvalue weighted by molar-refractivity contribution is -0.139. The van der Waals surface area contributed by atoms with Crippen molar-refractivity contribution in [2.24, 2.45) is 0 Å². The average Bonchev–Trinajstić information content (AvgIpc) is 3.32. The van der Waals surface area contributed by atoms with Crippen LogP contribution in [0.15, 0.2) is 48.5 Å². The quantitative estimate of drug-likeness (QED) is 0.498. The van der Waals surface area contributed by atoms with Gasteiger partial charge in [-0.25, -0.2) is 0 Å². The van der Waals surface area contributed by atoms with Crippen molar-refractivity contribution in [1.82, 2.24) is 10.2 Å². The van der Waals surface area contributed by atoms with Crippen LogP contribution in [0.25, 0.3) is 0 Å². The maximum absolute atomic E-state index is 13.4. The highest BCUT2D eigenvalue weighted by atomic mass is 32.2. The Morgan fingerprint density at radius 2 is 1.85 bits per heavy atom. The molecule has 1 aliphatic rings. The number of methoxy groups -OCH3 is 1. The predicted octanol–water partition coefficient (Wildman–Crippen LogP) is 5.10. The molecule has 0 spiro atoms. The van der Waals surface area contributed by atoms with Gasteiger partial charge in [0.25, 0.3) is 0 Å². The van der Waals surface area contributed by atoms with Gasteiger partial charge in [0.2, 0.25) is 11.8 Å². The maximum atomic E-state index is 13.4. The Bertz CT molecular complexity index is 927. The van der Waals surface area contributed by atoms with Gasteiger partial charge in [0.05, 0.1) is 12.9 Å². The molecule has 2 amide bonds. The van der Waals surface area contributed by atoms with E-state index < -0.39 is 6.04 Å². The second kappa shape index (κ2) is 12.7. The molecule has 1 aliphatic carbocycles. The van der Waals surface area contributed by atoms with Crippen LogP contribution in [-0.2, 0) is 21.9 Å². The number of hydrogen-bond donors (Lipinski definition) is 1. The van der Waals surface area contributed by atoms with Gasteiger partial charge < -0.3 is 15.0 Å². The van der Waals surface area contributed by atoms with Crippen molar-refractivity contribution in [2.75, 3.05) is 12.9 Å². The molecule has 3 rings (SSSR count). The van der Waals surface area contributed by atoms with E-state index in [0.29, 0.717) is 18.7 Å². The summed E-state index contributed by atoms with van der Waals surface area (Å²) in [5.74, 6) is 1.81. The largest absolute Gasteiger partial charge is 0.497 e. The van der Waals surface area contributed by atoms with Gasteiger partial charge in [-0.3, -0.25) is 9.59 Å². The molecule has 33 heavy (non-hydrogen) atoms. The first kappa shape index (κ1) is 25.2. The highest BCUT2D eigenvalue weighted by Gasteiger charge is 2.30. The zero-order valence-electron chi connectivity index (χ0n) is 20.0. The SMILES string of the molecule is CC[C@@H](C(=O)NC1CCCC1)N(Cc1cccc(OC)c1)C(=O)CSCc1cccc(C)c1. The van der Waals surface area contributed by atoms with E-state index in [2.05, 4.69) is 30.4 Å². The van der Waals surface area contributed by atoms with Crippen molar-refractivity contribution in [3.05, 3.63) is 65.2 Å². The highest BCUT2D eigenvalue weighted by Crippen LogP contribution is 2.22. The lowest BCUT2D eigenvalue weighted by Crippen LogP contribution is -2.51. The van der Waals surface area contributed by atoms with E-state index in [1.165, 1.54) is 11.1 Å². The minimum Gasteiger partial charge on any atom is -0.497 e. The molecular formula is C27H36N2O3S. The minimum absolute atomic E-state index is 0.0103. The van der Waals surface area contributed by atoms with Crippen molar-refractivity contribution < 1.29 is 14.3 Å². The van der Waals surface area contributed by atoms with Gasteiger partial charge in [-0.05, 0) is 49.4 Å². The summed E-state index contributed by atoms with van der Waals surface area (Å²) in [6, 6.07) is 15.8. The van der Waals surface area contributed by atoms with E-state index >= 15 is 0 Å². The molecule has 5 nitrogen and oxygen atoms in total. The Balaban J connectivity index is 1.72. The fourth-order valence-electron chi connectivity index (χ4n) is 4.40. The molecule has 0 unspecified atom stereocenters. The number of carbonyl (C=O) groups is 2. The summed E-state index contributed by atoms with van der Waals surface area (Å²) in [6.45, 7) is 4.44. The molecule has 0 saturated heterocycles. The Hall–Kier alpha value is -2.47. The van der Waals surface area contributed by atoms with Gasteiger partial charge in [0.15, 0.2) is 0 Å². The number of carbonyl (C=O) groups excluding carboxylic acids is 2. The van der Waals surface area contributed by atoms with Crippen LogP contribution in [0, 0.1) is 6.92 Å². The zero-order chi connectivity index (χ0) is 23.6. The third-order valence-electron chi connectivity index (χ3n) is 6.15. The van der Waals surface area contributed by atoms with E-state index in [-0.39, 0.29) is 17.9 Å². The van der Waals surface area contributed by atoms with Crippen molar-refractivity contribution in [3.8, 4) is 5.75 Å². The second-order valence-electron chi connectivity index (χ2n) is 8.77. The van der Waals surface area contributed by atoms with Gasteiger partial charge in [-0.2, -0.15) is 0 Å². The molecule has 1 fully saturated rings. The number of thioether (sulfide) groups is 1. The molecule has 0 heterocycles. The summed E-state index contributed by atoms with van der Waals surface area (Å²) in [7, 11) is 1.63. The van der Waals surface area contributed by atoms with Gasteiger partial charge in [-0.15, -0.1) is 11.8 Å². The van der Waals surface area contributed by atoms with Crippen molar-refractivity contribution in [2.45, 2.75) is 70.3 Å². The molecule has 1 N–H and O–H groups in total. The Morgan fingerprint density at radius 1 is 1.12 bits per heavy atom. The van der Waals surface area contributed by atoms with Gasteiger partial charge in [0.1, 0.15) is 11.8 Å². The van der Waals surface area contributed by atoms with Crippen molar-refractivity contribution in [3.63, 3.8) is 0 Å². The number of hydrogen-bond acceptors (Lipinski definition) is 4. The third kappa shape index (κ3) is 7.53. The monoisotopic (exact) mass is 468 g/mol. The Kier molecular flexibility index (Phi) is 9.67. The van der Waals surface area contributed by atoms with Crippen LogP contribution in [0.2, 0.25) is 0 Å². The van der Waals surface area contributed by atoms with Gasteiger partial charge in [-0.1, -0.05) is 61.7 Å². The van der Waals surface area contributed by atoms with Crippen LogP contribution in [0.4, 0.5) is 0 Å². The first-order chi connectivity index (χ1) is 16.0. The Labute approximate surface area is 202 Å². The van der Waals surface area contributed by atoms with E-state index in [9.17, 15) is 9.59 Å². The highest BCUT2D eigenvalue weighted by molar-refractivity contribution is 7.99. The van der Waals surface area contributed by atoms with Crippen molar-refractivity contribution >= 4 is 23.6 Å². The third-order valence-corrected chi connectivity index (χ3v) is 7.14. The smallest absolute Gasteiger partial charge is 0.243 e. The van der Waals surface area contributed by atoms with E-state index in [1.54, 1.807) is 23.8 Å². The van der Waals surface area contributed by atoms with Crippen LogP contribution >= 0.6 is 11.8 Å². The number of nitrogens with one attached hydrogen (secondary N) is 1. The molecule has 0 aliphatic heterocycles. The van der Waals surface area contributed by atoms with Crippen LogP contribution in [0.5, 0.6) is 5.75 Å². The molecule has 0 bridgehead atoms. The fraction of sp³-hybridized carbons (Fsp3) is 0.481. The number of benzene rings is 2. The summed E-state index contributed by atoms with van der Waals surface area (Å²) in [5.41, 5.74) is 3.38. The number of rotatable bonds is 11. The van der Waals surface area contributed by atoms with Crippen LogP contribution in [0.1, 0.15) is 55.7 Å². The van der Waals surface area contributed by atoms with Crippen molar-refractivity contribution in [1.29, 1.82) is 0 Å². The summed E-state index contributed by atoms with van der Waals surface area (Å²) in [5, 5.41) is 3.20. The standard InChI is InChI=1S/C27H36N2O3S/c1-4-25(27(31)28-23-12-5-6-13-23)29(17-21-10-8-14-24(16-21)32-3)26(30)19-33-18-22-11-7-9-20(2)15-22/h7-11,14-16,23,25H,4-6,12-13,17-19H2,1-3H3,(H,28,31)/t25-/m0/s1. The number of ether oxygens (including phenoxy) is 1. The second-order valence-corrected chi connectivity index (χ2v) is 9.75. The summed E-state index contributed by atoms with van der Waals surface area (Å²) in [6.07, 6.45) is 4.95. The summed E-state index contributed by atoms with van der Waals surface area (Å²) >= 11 is 1.59. The molecule has 178 valence electrons. The summed E-state index contributed by atoms with van der Waals surface area (Å²) in [4.78, 5) is 28.3. The molecule has 0 radical (unpaired) electrons. The molecule has 1 saturated carbocycles. The van der Waals surface area contributed by atoms with Crippen LogP contribution in [-0.4, -0.2) is 41.7 Å². The van der Waals surface area contributed by atoms with E-state index in [4.69, 9.17) is 4.74 Å². The minimum atomic E-state index is -0.483. The van der Waals surface area contributed by atoms with Gasteiger partial charge in [0, 0.05) is 18.3 Å². The molecule has 2 aromatic rings. The Morgan fingerprint density at radius 3 is 2.55 bits per heavy atom. The van der Waals surface area contributed by atoms with E-state index in [1.807, 2.05) is 37.3 Å². The first-order valence-corrected chi connectivity index (χ1v) is 13.0. The zero-order valence-corrected chi connectivity index (χ0v) is 20.8. The molecular weight excluding hydrogens is 432 g/mol. The van der Waals surface area contributed by atoms with Gasteiger partial charge >= 0.3 is 0 Å². The first-order valence-electron chi connectivity index (χ1n) is 11.9. The number of amides is 2. The maximum Gasteiger partial charge on any atom is 0.243 e. The van der Waals surface area contributed by atoms with Crippen LogP contribution < -0.4 is 10.1 Å². The molecule has 2 aromatic carbocycles.